The predicted octanol–water partition coefficient (Wildman–Crippen LogP) is 5.26. The second-order valence-corrected chi connectivity index (χ2v) is 10.5. The first kappa shape index (κ1) is 21.4. The van der Waals surface area contributed by atoms with E-state index in [-0.39, 0.29) is 11.8 Å². The first-order valence-electron chi connectivity index (χ1n) is 12.3. The van der Waals surface area contributed by atoms with Gasteiger partial charge in [0.1, 0.15) is 0 Å². The molecular weight excluding hydrogens is 470 g/mol. The normalized spacial score (nSPS) is 14.1. The highest BCUT2D eigenvalue weighted by atomic mass is 32.1. The predicted molar refractivity (Wildman–Crippen MR) is 143 cm³/mol. The number of fused-ring (bicyclic) bond motifs is 10. The molecule has 1 aliphatic heterocycles. The number of rotatable bonds is 4. The Labute approximate surface area is 211 Å². The third kappa shape index (κ3) is 2.94. The molecule has 0 bridgehead atoms. The number of nitrogens with one attached hydrogen (secondary N) is 2. The molecule has 0 fully saturated rings. The van der Waals surface area contributed by atoms with Crippen molar-refractivity contribution in [2.75, 3.05) is 5.32 Å². The van der Waals surface area contributed by atoms with Gasteiger partial charge in [0, 0.05) is 59.4 Å². The quantitative estimate of drug-likeness (QED) is 0.357. The Bertz CT molecular complexity index is 1720. The number of amides is 2. The van der Waals surface area contributed by atoms with Crippen molar-refractivity contribution < 1.29 is 9.59 Å². The number of benzene rings is 2. The average Bonchev–Trinajstić information content (AvgIpc) is 3.65. The molecule has 0 saturated heterocycles. The van der Waals surface area contributed by atoms with E-state index in [1.54, 1.807) is 0 Å². The molecule has 2 aromatic carbocycles. The van der Waals surface area contributed by atoms with Crippen molar-refractivity contribution in [3.8, 4) is 11.1 Å². The molecule has 36 heavy (non-hydrogen) atoms. The zero-order chi connectivity index (χ0) is 24.6. The van der Waals surface area contributed by atoms with Crippen molar-refractivity contribution in [3.05, 3.63) is 69.2 Å². The molecule has 8 heteroatoms. The van der Waals surface area contributed by atoms with Gasteiger partial charge in [0.2, 0.25) is 0 Å². The lowest BCUT2D eigenvalue weighted by Gasteiger charge is -2.21. The lowest BCUT2D eigenvalue weighted by Crippen LogP contribution is -2.15. The summed E-state index contributed by atoms with van der Waals surface area (Å²) in [5.74, 6) is -0.122. The summed E-state index contributed by atoms with van der Waals surface area (Å²) >= 11 is 1.43. The van der Waals surface area contributed by atoms with Crippen LogP contribution in [0.2, 0.25) is 0 Å². The molecule has 0 atom stereocenters. The van der Waals surface area contributed by atoms with Crippen LogP contribution in [0.25, 0.3) is 32.9 Å². The van der Waals surface area contributed by atoms with Crippen LogP contribution in [0, 0.1) is 0 Å². The number of aromatic nitrogens is 3. The van der Waals surface area contributed by atoms with Gasteiger partial charge in [-0.2, -0.15) is 5.10 Å². The Morgan fingerprint density at radius 1 is 1.19 bits per heavy atom. The van der Waals surface area contributed by atoms with Crippen LogP contribution in [0.15, 0.2) is 41.9 Å². The Morgan fingerprint density at radius 2 is 2.08 bits per heavy atom. The van der Waals surface area contributed by atoms with Crippen LogP contribution < -0.4 is 10.6 Å². The number of hydrogen-bond donors (Lipinski definition) is 2. The standard InChI is InChI=1S/C28H25N5O2S/c1-3-10-33-21-9-6-15(30-27(34)22-5-4-11-36-22)12-17(21)24-18-13-29-28(35)25(18)23-16(26(24)33)7-8-20-19(23)14-32(2)31-20/h4-6,9,11-12,14H,3,7-8,10,13H2,1-2H3,(H,29,35)(H,30,34). The van der Waals surface area contributed by atoms with Gasteiger partial charge in [-0.25, -0.2) is 0 Å². The van der Waals surface area contributed by atoms with Crippen LogP contribution in [0.1, 0.15) is 50.2 Å². The SMILES string of the molecule is CCCn1c2ccc(NC(=O)c3cccs3)cc2c2c3c(c4c(c21)CCc1nn(C)cc1-4)C(=O)NC3. The molecule has 0 radical (unpaired) electrons. The fraction of sp³-hybridized carbons (Fsp3) is 0.250. The molecule has 1 aliphatic carbocycles. The number of nitrogens with zero attached hydrogens (tertiary/aromatic N) is 3. The van der Waals surface area contributed by atoms with E-state index in [0.717, 1.165) is 75.7 Å². The van der Waals surface area contributed by atoms with Gasteiger partial charge in [-0.3, -0.25) is 14.3 Å². The lowest BCUT2D eigenvalue weighted by atomic mass is 9.82. The van der Waals surface area contributed by atoms with E-state index >= 15 is 0 Å². The minimum atomic E-state index is -0.106. The van der Waals surface area contributed by atoms with E-state index in [1.165, 1.54) is 22.4 Å². The summed E-state index contributed by atoms with van der Waals surface area (Å²) in [4.78, 5) is 26.6. The molecular formula is C28H25N5O2S. The van der Waals surface area contributed by atoms with Gasteiger partial charge in [-0.15, -0.1) is 11.3 Å². The van der Waals surface area contributed by atoms with Crippen LogP contribution >= 0.6 is 11.3 Å². The highest BCUT2D eigenvalue weighted by Gasteiger charge is 2.35. The number of thiophene rings is 1. The molecule has 0 spiro atoms. The largest absolute Gasteiger partial charge is 0.348 e. The van der Waals surface area contributed by atoms with Gasteiger partial charge in [0.15, 0.2) is 0 Å². The summed E-state index contributed by atoms with van der Waals surface area (Å²) < 4.78 is 4.27. The van der Waals surface area contributed by atoms with Crippen LogP contribution in [0.4, 0.5) is 5.69 Å². The highest BCUT2D eigenvalue weighted by molar-refractivity contribution is 7.12. The zero-order valence-electron chi connectivity index (χ0n) is 20.1. The number of aryl methyl sites for hydroxylation is 4. The number of hydrogen-bond acceptors (Lipinski definition) is 4. The van der Waals surface area contributed by atoms with Crippen molar-refractivity contribution in [3.63, 3.8) is 0 Å². The molecule has 180 valence electrons. The van der Waals surface area contributed by atoms with Gasteiger partial charge in [-0.1, -0.05) is 13.0 Å². The summed E-state index contributed by atoms with van der Waals surface area (Å²) in [6.07, 6.45) is 4.75. The third-order valence-electron chi connectivity index (χ3n) is 7.39. The van der Waals surface area contributed by atoms with Crippen molar-refractivity contribution in [1.29, 1.82) is 0 Å². The topological polar surface area (TPSA) is 81.0 Å². The van der Waals surface area contributed by atoms with Crippen molar-refractivity contribution >= 4 is 50.6 Å². The third-order valence-corrected chi connectivity index (χ3v) is 8.26. The van der Waals surface area contributed by atoms with Gasteiger partial charge in [0.25, 0.3) is 11.8 Å². The summed E-state index contributed by atoms with van der Waals surface area (Å²) in [5, 5.41) is 15.0. The first-order valence-corrected chi connectivity index (χ1v) is 13.2. The molecule has 2 aliphatic rings. The molecule has 7 nitrogen and oxygen atoms in total. The molecule has 4 heterocycles. The maximum atomic E-state index is 13.2. The molecule has 5 aromatic rings. The summed E-state index contributed by atoms with van der Waals surface area (Å²) in [5.41, 5.74) is 9.36. The van der Waals surface area contributed by atoms with Gasteiger partial charge < -0.3 is 15.2 Å². The maximum Gasteiger partial charge on any atom is 0.265 e. The molecule has 2 amide bonds. The van der Waals surface area contributed by atoms with Crippen molar-refractivity contribution in [2.24, 2.45) is 7.05 Å². The Hall–Kier alpha value is -3.91. The number of carbonyl (C=O) groups excluding carboxylic acids is 2. The highest BCUT2D eigenvalue weighted by Crippen LogP contribution is 2.47. The molecule has 0 unspecified atom stereocenters. The van der Waals surface area contributed by atoms with Gasteiger partial charge in [0.05, 0.1) is 21.7 Å². The summed E-state index contributed by atoms with van der Waals surface area (Å²) in [6, 6.07) is 9.87. The van der Waals surface area contributed by atoms with Crippen molar-refractivity contribution in [1.82, 2.24) is 19.7 Å². The molecule has 3 aromatic heterocycles. The Morgan fingerprint density at radius 3 is 2.89 bits per heavy atom. The van der Waals surface area contributed by atoms with E-state index in [1.807, 2.05) is 35.3 Å². The monoisotopic (exact) mass is 495 g/mol. The van der Waals surface area contributed by atoms with E-state index in [2.05, 4.69) is 45.6 Å². The minimum Gasteiger partial charge on any atom is -0.348 e. The molecule has 0 saturated carbocycles. The van der Waals surface area contributed by atoms with Crippen LogP contribution in [0.3, 0.4) is 0 Å². The van der Waals surface area contributed by atoms with Crippen LogP contribution in [0.5, 0.6) is 0 Å². The van der Waals surface area contributed by atoms with Crippen molar-refractivity contribution in [2.45, 2.75) is 39.3 Å². The van der Waals surface area contributed by atoms with Gasteiger partial charge in [-0.05, 0) is 60.0 Å². The number of carbonyl (C=O) groups is 2. The zero-order valence-corrected chi connectivity index (χ0v) is 21.0. The van der Waals surface area contributed by atoms with E-state index in [4.69, 9.17) is 0 Å². The fourth-order valence-corrected chi connectivity index (χ4v) is 6.67. The minimum absolute atomic E-state index is 0.0154. The number of anilines is 1. The van der Waals surface area contributed by atoms with E-state index < -0.39 is 0 Å². The second kappa shape index (κ2) is 7.80. The Kier molecular flexibility index (Phi) is 4.63. The Balaban J connectivity index is 1.53. The second-order valence-electron chi connectivity index (χ2n) is 9.59. The summed E-state index contributed by atoms with van der Waals surface area (Å²) in [7, 11) is 1.94. The van der Waals surface area contributed by atoms with Crippen LogP contribution in [-0.2, 0) is 33.0 Å². The first-order chi connectivity index (χ1) is 17.5. The smallest absolute Gasteiger partial charge is 0.265 e. The molecule has 2 N–H and O–H groups in total. The molecule has 7 rings (SSSR count). The van der Waals surface area contributed by atoms with Crippen LogP contribution in [-0.4, -0.2) is 26.2 Å². The lowest BCUT2D eigenvalue weighted by molar-refractivity contribution is 0.0965. The van der Waals surface area contributed by atoms with E-state index in [0.29, 0.717) is 11.4 Å². The van der Waals surface area contributed by atoms with Gasteiger partial charge >= 0.3 is 0 Å². The fourth-order valence-electron chi connectivity index (χ4n) is 6.05. The van der Waals surface area contributed by atoms with E-state index in [9.17, 15) is 9.59 Å². The average molecular weight is 496 g/mol. The summed E-state index contributed by atoms with van der Waals surface area (Å²) in [6.45, 7) is 3.58. The maximum absolute atomic E-state index is 13.2.